The summed E-state index contributed by atoms with van der Waals surface area (Å²) in [7, 11) is 0. The van der Waals surface area contributed by atoms with Crippen molar-refractivity contribution in [2.45, 2.75) is 0 Å². The van der Waals surface area contributed by atoms with Crippen molar-refractivity contribution < 1.29 is 10.2 Å². The number of aromatic hydroxyl groups is 2. The summed E-state index contributed by atoms with van der Waals surface area (Å²) in [6.07, 6.45) is 3.12. The third kappa shape index (κ3) is 2.89. The van der Waals surface area contributed by atoms with Crippen molar-refractivity contribution in [1.29, 1.82) is 0 Å². The predicted octanol–water partition coefficient (Wildman–Crippen LogP) is 4.23. The first-order valence-electron chi connectivity index (χ1n) is 7.49. The van der Waals surface area contributed by atoms with Gasteiger partial charge in [0.15, 0.2) is 5.88 Å². The van der Waals surface area contributed by atoms with Gasteiger partial charge in [0.25, 0.3) is 0 Å². The maximum Gasteiger partial charge on any atom is 0.199 e. The molecule has 2 aromatic carbocycles. The summed E-state index contributed by atoms with van der Waals surface area (Å²) >= 11 is 3.46. The Hall–Kier alpha value is -3.06. The van der Waals surface area contributed by atoms with Crippen LogP contribution in [0.25, 0.3) is 10.9 Å². The number of phenolic OH excluding ortho intramolecular Hbond substituents is 1. The second-order valence-electron chi connectivity index (χ2n) is 5.49. The van der Waals surface area contributed by atoms with Gasteiger partial charge in [-0.2, -0.15) is 0 Å². The fourth-order valence-corrected chi connectivity index (χ4v) is 3.10. The van der Waals surface area contributed by atoms with E-state index in [2.05, 4.69) is 35.9 Å². The third-order valence-electron chi connectivity index (χ3n) is 3.81. The summed E-state index contributed by atoms with van der Waals surface area (Å²) in [6, 6.07) is 12.4. The molecule has 2 heterocycles. The van der Waals surface area contributed by atoms with Crippen LogP contribution in [0.1, 0.15) is 11.1 Å². The Bertz CT molecular complexity index is 1080. The first-order chi connectivity index (χ1) is 12.1. The molecule has 4 rings (SSSR count). The summed E-state index contributed by atoms with van der Waals surface area (Å²) in [5, 5.41) is 21.2. The number of benzene rings is 2. The van der Waals surface area contributed by atoms with Crippen molar-refractivity contribution in [2.24, 2.45) is 4.99 Å². The number of halogens is 1. The lowest BCUT2D eigenvalue weighted by Gasteiger charge is -2.07. The highest BCUT2D eigenvalue weighted by atomic mass is 79.9. The minimum Gasteiger partial charge on any atom is -0.508 e. The number of fused-ring (bicyclic) bond motifs is 1. The molecule has 0 spiro atoms. The van der Waals surface area contributed by atoms with Gasteiger partial charge >= 0.3 is 0 Å². The lowest BCUT2D eigenvalue weighted by molar-refractivity contribution is 0.457. The molecule has 0 aliphatic heterocycles. The van der Waals surface area contributed by atoms with E-state index in [1.807, 2.05) is 24.3 Å². The summed E-state index contributed by atoms with van der Waals surface area (Å²) in [5.41, 5.74) is 2.53. The minimum atomic E-state index is 0.00899. The van der Waals surface area contributed by atoms with Crippen LogP contribution in [0, 0.1) is 0 Å². The summed E-state index contributed by atoms with van der Waals surface area (Å²) in [4.78, 5) is 14.5. The Morgan fingerprint density at radius 3 is 2.76 bits per heavy atom. The van der Waals surface area contributed by atoms with Gasteiger partial charge in [0, 0.05) is 20.9 Å². The predicted molar refractivity (Wildman–Crippen MR) is 99.7 cm³/mol. The lowest BCUT2D eigenvalue weighted by atomic mass is 10.0. The van der Waals surface area contributed by atoms with Gasteiger partial charge in [-0.1, -0.05) is 28.1 Å². The zero-order valence-corrected chi connectivity index (χ0v) is 14.4. The summed E-state index contributed by atoms with van der Waals surface area (Å²) in [5.74, 6) is 0.673. The highest BCUT2D eigenvalue weighted by Gasteiger charge is 2.19. The van der Waals surface area contributed by atoms with E-state index in [1.54, 1.807) is 24.4 Å². The number of hydrogen-bond acceptors (Lipinski definition) is 4. The van der Waals surface area contributed by atoms with Crippen molar-refractivity contribution in [3.63, 3.8) is 0 Å². The Balaban J connectivity index is 2.02. The molecule has 0 atom stereocenters. The van der Waals surface area contributed by atoms with Crippen molar-refractivity contribution in [1.82, 2.24) is 15.0 Å². The van der Waals surface area contributed by atoms with Gasteiger partial charge in [-0.15, -0.1) is 0 Å². The van der Waals surface area contributed by atoms with Gasteiger partial charge in [-0.3, -0.25) is 0 Å². The van der Waals surface area contributed by atoms with Crippen molar-refractivity contribution >= 4 is 38.4 Å². The molecule has 0 radical (unpaired) electrons. The van der Waals surface area contributed by atoms with Crippen molar-refractivity contribution in [3.8, 4) is 11.6 Å². The van der Waals surface area contributed by atoms with Crippen LogP contribution in [0.5, 0.6) is 11.6 Å². The SMILES string of the molecule is Oc1cccc(C(=Nc2cnc[nH]2)c2c(O)[nH]c3ccc(Br)cc23)c1. The number of nitrogens with one attached hydrogen (secondary N) is 2. The number of hydrogen-bond donors (Lipinski definition) is 4. The number of nitrogens with zero attached hydrogens (tertiary/aromatic N) is 2. The Morgan fingerprint density at radius 2 is 2.00 bits per heavy atom. The van der Waals surface area contributed by atoms with Crippen molar-refractivity contribution in [2.75, 3.05) is 0 Å². The molecule has 4 aromatic rings. The zero-order valence-electron chi connectivity index (χ0n) is 12.9. The second-order valence-corrected chi connectivity index (χ2v) is 6.40. The van der Waals surface area contributed by atoms with Crippen LogP contribution in [0.4, 0.5) is 5.82 Å². The lowest BCUT2D eigenvalue weighted by Crippen LogP contribution is -2.03. The van der Waals surface area contributed by atoms with Crippen LogP contribution >= 0.6 is 15.9 Å². The monoisotopic (exact) mass is 396 g/mol. The van der Waals surface area contributed by atoms with Crippen LogP contribution in [0.2, 0.25) is 0 Å². The standard InChI is InChI=1S/C18H13BrN4O2/c19-11-4-5-14-13(7-11)16(18(25)22-14)17(23-15-8-20-9-21-15)10-2-1-3-12(24)6-10/h1-9,22,24-25H,(H,20,21). The number of H-pyrrole nitrogens is 2. The minimum absolute atomic E-state index is 0.00899. The maximum atomic E-state index is 10.5. The number of rotatable bonds is 3. The van der Waals surface area contributed by atoms with E-state index in [0.717, 1.165) is 15.4 Å². The van der Waals surface area contributed by atoms with Crippen LogP contribution in [-0.2, 0) is 0 Å². The third-order valence-corrected chi connectivity index (χ3v) is 4.31. The summed E-state index contributed by atoms with van der Waals surface area (Å²) in [6.45, 7) is 0. The molecular formula is C18H13BrN4O2. The molecule has 0 aliphatic carbocycles. The van der Waals surface area contributed by atoms with Gasteiger partial charge in [0.05, 0.1) is 23.8 Å². The molecule has 0 fully saturated rings. The number of imidazole rings is 1. The normalized spacial score (nSPS) is 12.0. The van der Waals surface area contributed by atoms with Crippen LogP contribution in [-0.4, -0.2) is 30.9 Å². The number of phenols is 1. The molecule has 0 amide bonds. The average Bonchev–Trinajstić information content (AvgIpc) is 3.20. The quantitative estimate of drug-likeness (QED) is 0.390. The number of aromatic amines is 2. The Kier molecular flexibility index (Phi) is 3.77. The molecule has 0 unspecified atom stereocenters. The average molecular weight is 397 g/mol. The Labute approximate surface area is 151 Å². The highest BCUT2D eigenvalue weighted by molar-refractivity contribution is 9.10. The molecule has 7 heteroatoms. The van der Waals surface area contributed by atoms with E-state index in [4.69, 9.17) is 0 Å². The summed E-state index contributed by atoms with van der Waals surface area (Å²) < 4.78 is 0.886. The Morgan fingerprint density at radius 1 is 1.12 bits per heavy atom. The highest BCUT2D eigenvalue weighted by Crippen LogP contribution is 2.33. The van der Waals surface area contributed by atoms with Gasteiger partial charge in [0.2, 0.25) is 0 Å². The maximum absolute atomic E-state index is 10.5. The fourth-order valence-electron chi connectivity index (χ4n) is 2.74. The van der Waals surface area contributed by atoms with E-state index >= 15 is 0 Å². The molecule has 4 N–H and O–H groups in total. The van der Waals surface area contributed by atoms with Gasteiger partial charge in [-0.05, 0) is 30.3 Å². The molecule has 124 valence electrons. The molecule has 0 saturated carbocycles. The molecule has 0 aliphatic rings. The van der Waals surface area contributed by atoms with Crippen LogP contribution in [0.15, 0.2) is 64.5 Å². The van der Waals surface area contributed by atoms with Gasteiger partial charge in [0.1, 0.15) is 11.6 Å². The van der Waals surface area contributed by atoms with Crippen LogP contribution in [0.3, 0.4) is 0 Å². The smallest absolute Gasteiger partial charge is 0.199 e. The fraction of sp³-hybridized carbons (Fsp3) is 0. The van der Waals surface area contributed by atoms with Crippen LogP contribution < -0.4 is 0 Å². The van der Waals surface area contributed by atoms with Gasteiger partial charge < -0.3 is 20.2 Å². The molecule has 25 heavy (non-hydrogen) atoms. The molecular weight excluding hydrogens is 384 g/mol. The van der Waals surface area contributed by atoms with Gasteiger partial charge in [-0.25, -0.2) is 9.98 Å². The molecule has 0 saturated heterocycles. The van der Waals surface area contributed by atoms with Crippen molar-refractivity contribution in [3.05, 3.63) is 70.6 Å². The van der Waals surface area contributed by atoms with E-state index < -0.39 is 0 Å². The molecule has 0 bridgehead atoms. The van der Waals surface area contributed by atoms with E-state index in [-0.39, 0.29) is 11.6 Å². The number of aliphatic imine (C=N–C) groups is 1. The van der Waals surface area contributed by atoms with E-state index in [9.17, 15) is 10.2 Å². The topological polar surface area (TPSA) is 97.3 Å². The molecule has 2 aromatic heterocycles. The largest absolute Gasteiger partial charge is 0.508 e. The first kappa shape index (κ1) is 15.5. The van der Waals surface area contributed by atoms with E-state index in [1.165, 1.54) is 6.33 Å². The first-order valence-corrected chi connectivity index (χ1v) is 8.28. The number of aromatic nitrogens is 3. The van der Waals surface area contributed by atoms with E-state index in [0.29, 0.717) is 22.7 Å². The molecule has 6 nitrogen and oxygen atoms in total. The second kappa shape index (κ2) is 6.10. The zero-order chi connectivity index (χ0) is 17.4.